The lowest BCUT2D eigenvalue weighted by atomic mass is 9.89. The molecule has 2 fully saturated rings. The highest BCUT2D eigenvalue weighted by Gasteiger charge is 2.38. The lowest BCUT2D eigenvalue weighted by Gasteiger charge is -2.30. The molecule has 2 aliphatic rings. The van der Waals surface area contributed by atoms with Crippen molar-refractivity contribution in [3.05, 3.63) is 47.5 Å². The number of nitrogens with one attached hydrogen (secondary N) is 2. The predicted octanol–water partition coefficient (Wildman–Crippen LogP) is 6.24. The molecule has 0 spiro atoms. The number of benzene rings is 2. The third-order valence-corrected chi connectivity index (χ3v) is 9.34. The second-order valence-electron chi connectivity index (χ2n) is 9.91. The molecular formula is C27H31N5OS2. The zero-order chi connectivity index (χ0) is 23.8. The first-order valence-corrected chi connectivity index (χ1v) is 14.3. The summed E-state index contributed by atoms with van der Waals surface area (Å²) in [6.07, 6.45) is 7.39. The van der Waals surface area contributed by atoms with Crippen LogP contribution in [0, 0.1) is 12.8 Å². The highest BCUT2D eigenvalue weighted by Crippen LogP contribution is 2.35. The molecule has 3 heterocycles. The van der Waals surface area contributed by atoms with Gasteiger partial charge < -0.3 is 10.3 Å². The fourth-order valence-electron chi connectivity index (χ4n) is 5.61. The van der Waals surface area contributed by atoms with Gasteiger partial charge in [-0.25, -0.2) is 9.97 Å². The van der Waals surface area contributed by atoms with Crippen LogP contribution >= 0.6 is 23.1 Å². The van der Waals surface area contributed by atoms with Crippen molar-refractivity contribution in [3.8, 4) is 0 Å². The van der Waals surface area contributed by atoms with Crippen LogP contribution in [0.1, 0.15) is 43.5 Å². The Balaban J connectivity index is 1.19. The molecule has 1 aliphatic carbocycles. The summed E-state index contributed by atoms with van der Waals surface area (Å²) >= 11 is 3.46. The molecular weight excluding hydrogens is 474 g/mol. The van der Waals surface area contributed by atoms with Crippen molar-refractivity contribution in [2.45, 2.75) is 61.9 Å². The quantitative estimate of drug-likeness (QED) is 0.325. The van der Waals surface area contributed by atoms with Crippen LogP contribution in [0.4, 0.5) is 5.69 Å². The van der Waals surface area contributed by atoms with E-state index in [1.54, 1.807) is 23.1 Å². The van der Waals surface area contributed by atoms with Crippen LogP contribution in [-0.4, -0.2) is 50.1 Å². The Bertz CT molecular complexity index is 1310. The molecule has 6 nitrogen and oxygen atoms in total. The van der Waals surface area contributed by atoms with Crippen LogP contribution in [0.15, 0.2) is 47.6 Å². The topological polar surface area (TPSA) is 73.9 Å². The Labute approximate surface area is 213 Å². The van der Waals surface area contributed by atoms with E-state index in [4.69, 9.17) is 4.98 Å². The molecule has 6 rings (SSSR count). The number of aromatic nitrogens is 3. The standard InChI is InChI=1S/C27H31N5OS2/c1-17-28-23-13-19(11-12-25(23)34-17)29-26(33)24-14-20(16-32(24)15-18-7-3-2-4-8-18)35-27-30-21-9-5-6-10-22(21)31-27/h5-6,9-13,18,20,24H,2-4,7-8,14-16H2,1H3,(H,29,33)(H,30,31)/t20-,24-/m0/s1. The Kier molecular flexibility index (Phi) is 6.52. The number of carbonyl (C=O) groups is 1. The molecule has 1 amide bonds. The maximum Gasteiger partial charge on any atom is 0.241 e. The second-order valence-corrected chi connectivity index (χ2v) is 12.4. The molecule has 8 heteroatoms. The number of hydrogen-bond acceptors (Lipinski definition) is 6. The van der Waals surface area contributed by atoms with Crippen molar-refractivity contribution in [1.29, 1.82) is 0 Å². The Morgan fingerprint density at radius 2 is 2.00 bits per heavy atom. The molecule has 1 saturated carbocycles. The summed E-state index contributed by atoms with van der Waals surface area (Å²) < 4.78 is 1.16. The molecule has 1 aliphatic heterocycles. The van der Waals surface area contributed by atoms with E-state index in [1.165, 1.54) is 32.1 Å². The van der Waals surface area contributed by atoms with Crippen molar-refractivity contribution < 1.29 is 4.79 Å². The smallest absolute Gasteiger partial charge is 0.241 e. The van der Waals surface area contributed by atoms with E-state index in [1.807, 2.05) is 37.3 Å². The van der Waals surface area contributed by atoms with Crippen molar-refractivity contribution in [2.75, 3.05) is 18.4 Å². The Morgan fingerprint density at radius 1 is 1.14 bits per heavy atom. The minimum Gasteiger partial charge on any atom is -0.333 e. The number of nitrogens with zero attached hydrogens (tertiary/aromatic N) is 3. The third kappa shape index (κ3) is 5.10. The van der Waals surface area contributed by atoms with E-state index in [9.17, 15) is 4.79 Å². The molecule has 1 saturated heterocycles. The van der Waals surface area contributed by atoms with Gasteiger partial charge in [-0.15, -0.1) is 11.3 Å². The summed E-state index contributed by atoms with van der Waals surface area (Å²) in [5, 5.41) is 5.53. The number of H-pyrrole nitrogens is 1. The average molecular weight is 506 g/mol. The van der Waals surface area contributed by atoms with Crippen LogP contribution in [0.25, 0.3) is 21.3 Å². The van der Waals surface area contributed by atoms with Gasteiger partial charge in [0.2, 0.25) is 5.91 Å². The van der Waals surface area contributed by atoms with Crippen LogP contribution in [0.2, 0.25) is 0 Å². The van der Waals surface area contributed by atoms with Crippen LogP contribution in [-0.2, 0) is 4.79 Å². The van der Waals surface area contributed by atoms with E-state index >= 15 is 0 Å². The number of rotatable bonds is 6. The Hall–Kier alpha value is -2.42. The molecule has 0 unspecified atom stereocenters. The molecule has 4 aromatic rings. The van der Waals surface area contributed by atoms with E-state index in [0.717, 1.165) is 56.6 Å². The summed E-state index contributed by atoms with van der Waals surface area (Å²) in [6, 6.07) is 14.1. The van der Waals surface area contributed by atoms with E-state index in [-0.39, 0.29) is 11.9 Å². The van der Waals surface area contributed by atoms with Gasteiger partial charge in [0, 0.05) is 24.0 Å². The third-order valence-electron chi connectivity index (χ3n) is 7.29. The number of amides is 1. The van der Waals surface area contributed by atoms with Crippen molar-refractivity contribution in [2.24, 2.45) is 5.92 Å². The Morgan fingerprint density at radius 3 is 2.86 bits per heavy atom. The number of thiazole rings is 1. The van der Waals surface area contributed by atoms with E-state index in [0.29, 0.717) is 11.2 Å². The number of imidazole rings is 1. The number of anilines is 1. The zero-order valence-electron chi connectivity index (χ0n) is 20.0. The maximum absolute atomic E-state index is 13.5. The van der Waals surface area contributed by atoms with E-state index < -0.39 is 0 Å². The number of fused-ring (bicyclic) bond motifs is 2. The lowest BCUT2D eigenvalue weighted by Crippen LogP contribution is -2.42. The lowest BCUT2D eigenvalue weighted by molar-refractivity contribution is -0.120. The summed E-state index contributed by atoms with van der Waals surface area (Å²) in [4.78, 5) is 28.8. The van der Waals surface area contributed by atoms with Gasteiger partial charge in [0.15, 0.2) is 5.16 Å². The van der Waals surface area contributed by atoms with Gasteiger partial charge >= 0.3 is 0 Å². The number of thioether (sulfide) groups is 1. The van der Waals surface area contributed by atoms with Crippen LogP contribution in [0.5, 0.6) is 0 Å². The largest absolute Gasteiger partial charge is 0.333 e. The molecule has 2 aromatic heterocycles. The van der Waals surface area contributed by atoms with Crippen molar-refractivity contribution in [3.63, 3.8) is 0 Å². The van der Waals surface area contributed by atoms with Gasteiger partial charge in [0.05, 0.1) is 32.3 Å². The molecule has 2 atom stereocenters. The van der Waals surface area contributed by atoms with Crippen molar-refractivity contribution in [1.82, 2.24) is 19.9 Å². The molecule has 35 heavy (non-hydrogen) atoms. The first-order chi connectivity index (χ1) is 17.1. The fraction of sp³-hybridized carbons (Fsp3) is 0.444. The van der Waals surface area contributed by atoms with Crippen LogP contribution in [0.3, 0.4) is 0 Å². The van der Waals surface area contributed by atoms with Gasteiger partial charge in [0.1, 0.15) is 0 Å². The normalized spacial score (nSPS) is 21.7. The summed E-state index contributed by atoms with van der Waals surface area (Å²) in [6.45, 7) is 3.95. The number of likely N-dealkylation sites (tertiary alicyclic amines) is 1. The molecule has 2 N–H and O–H groups in total. The fourth-order valence-corrected chi connectivity index (χ4v) is 7.60. The van der Waals surface area contributed by atoms with E-state index in [2.05, 4.69) is 32.3 Å². The molecule has 0 bridgehead atoms. The first kappa shape index (κ1) is 23.0. The minimum atomic E-state index is -0.119. The second kappa shape index (κ2) is 9.91. The van der Waals surface area contributed by atoms with Crippen molar-refractivity contribution >= 4 is 55.9 Å². The summed E-state index contributed by atoms with van der Waals surface area (Å²) in [5.74, 6) is 0.795. The summed E-state index contributed by atoms with van der Waals surface area (Å²) in [7, 11) is 0. The van der Waals surface area contributed by atoms with Gasteiger partial charge in [-0.3, -0.25) is 9.69 Å². The minimum absolute atomic E-state index is 0.0971. The van der Waals surface area contributed by atoms with Gasteiger partial charge in [-0.2, -0.15) is 0 Å². The number of aromatic amines is 1. The highest BCUT2D eigenvalue weighted by atomic mass is 32.2. The van der Waals surface area contributed by atoms with Gasteiger partial charge in [-0.05, 0) is 62.4 Å². The highest BCUT2D eigenvalue weighted by molar-refractivity contribution is 7.99. The molecule has 2 aromatic carbocycles. The van der Waals surface area contributed by atoms with Crippen LogP contribution < -0.4 is 5.32 Å². The number of carbonyl (C=O) groups excluding carboxylic acids is 1. The monoisotopic (exact) mass is 505 g/mol. The zero-order valence-corrected chi connectivity index (χ0v) is 21.6. The average Bonchev–Trinajstić information content (AvgIpc) is 3.55. The SMILES string of the molecule is Cc1nc2cc(NC(=O)[C@@H]3C[C@H](Sc4nc5ccccc5[nH]4)CN3CC3CCCCC3)ccc2s1. The molecule has 182 valence electrons. The number of hydrogen-bond donors (Lipinski definition) is 2. The first-order valence-electron chi connectivity index (χ1n) is 12.6. The number of aryl methyl sites for hydroxylation is 1. The predicted molar refractivity (Wildman–Crippen MR) is 145 cm³/mol. The maximum atomic E-state index is 13.5. The van der Waals surface area contributed by atoms with Gasteiger partial charge in [-0.1, -0.05) is 43.2 Å². The number of para-hydroxylation sites is 2. The van der Waals surface area contributed by atoms with Gasteiger partial charge in [0.25, 0.3) is 0 Å². The summed E-state index contributed by atoms with van der Waals surface area (Å²) in [5.41, 5.74) is 3.84. The molecule has 0 radical (unpaired) electrons.